The van der Waals surface area contributed by atoms with Gasteiger partial charge >= 0.3 is 0 Å². The first-order valence-corrected chi connectivity index (χ1v) is 7.55. The van der Waals surface area contributed by atoms with Crippen molar-refractivity contribution in [1.82, 2.24) is 25.1 Å². The number of amides is 1. The van der Waals surface area contributed by atoms with Crippen molar-refractivity contribution in [2.75, 3.05) is 13.2 Å². The Morgan fingerprint density at radius 2 is 2.17 bits per heavy atom. The van der Waals surface area contributed by atoms with Gasteiger partial charge in [0.25, 0.3) is 0 Å². The zero-order valence-electron chi connectivity index (χ0n) is 13.1. The molecule has 0 fully saturated rings. The number of carbonyl (C=O) groups is 1. The highest BCUT2D eigenvalue weighted by Gasteiger charge is 2.11. The molecule has 7 nitrogen and oxygen atoms in total. The smallest absolute Gasteiger partial charge is 0.231 e. The first-order chi connectivity index (χ1) is 11.7. The molecule has 1 N–H and O–H groups in total. The fraction of sp³-hybridized carbons (Fsp3) is 0.250. The zero-order valence-corrected chi connectivity index (χ0v) is 13.1. The molecule has 0 aliphatic rings. The molecule has 0 aliphatic carbocycles. The first kappa shape index (κ1) is 15.9. The van der Waals surface area contributed by atoms with E-state index in [1.165, 1.54) is 16.6 Å². The van der Waals surface area contributed by atoms with Crippen molar-refractivity contribution in [2.45, 2.75) is 13.3 Å². The van der Waals surface area contributed by atoms with Crippen molar-refractivity contribution >= 4 is 11.6 Å². The van der Waals surface area contributed by atoms with E-state index in [-0.39, 0.29) is 11.7 Å². The molecule has 0 aliphatic heterocycles. The number of carbonyl (C=O) groups excluding carboxylic acids is 1. The molecular weight excluding hydrogens is 313 g/mol. The number of halogens is 1. The number of benzene rings is 1. The SMILES string of the molecule is CCC(=O)NCCOc1ccc2nnc(-c3cccc(F)c3)n2n1. The monoisotopic (exact) mass is 329 g/mol. The van der Waals surface area contributed by atoms with E-state index in [1.807, 2.05) is 0 Å². The van der Waals surface area contributed by atoms with Gasteiger partial charge in [0.1, 0.15) is 12.4 Å². The van der Waals surface area contributed by atoms with Crippen LogP contribution in [0, 0.1) is 5.82 Å². The molecule has 3 rings (SSSR count). The van der Waals surface area contributed by atoms with Crippen LogP contribution in [0.4, 0.5) is 4.39 Å². The normalized spacial score (nSPS) is 10.8. The van der Waals surface area contributed by atoms with E-state index < -0.39 is 0 Å². The van der Waals surface area contributed by atoms with Crippen molar-refractivity contribution in [3.63, 3.8) is 0 Å². The molecule has 2 heterocycles. The second-order valence-corrected chi connectivity index (χ2v) is 5.03. The minimum atomic E-state index is -0.358. The third-order valence-corrected chi connectivity index (χ3v) is 3.32. The lowest BCUT2D eigenvalue weighted by Gasteiger charge is -2.07. The Morgan fingerprint density at radius 1 is 1.29 bits per heavy atom. The average molecular weight is 329 g/mol. The van der Waals surface area contributed by atoms with E-state index in [0.717, 1.165) is 0 Å². The van der Waals surface area contributed by atoms with Crippen LogP contribution in [-0.2, 0) is 4.79 Å². The lowest BCUT2D eigenvalue weighted by molar-refractivity contribution is -0.120. The second-order valence-electron chi connectivity index (χ2n) is 5.03. The Labute approximate surface area is 137 Å². The van der Waals surface area contributed by atoms with Crippen molar-refractivity contribution in [3.05, 3.63) is 42.2 Å². The molecule has 0 saturated carbocycles. The zero-order chi connectivity index (χ0) is 16.9. The summed E-state index contributed by atoms with van der Waals surface area (Å²) in [6.07, 6.45) is 0.432. The molecule has 0 atom stereocenters. The predicted octanol–water partition coefficient (Wildman–Crippen LogP) is 1.84. The lowest BCUT2D eigenvalue weighted by atomic mass is 10.2. The van der Waals surface area contributed by atoms with Crippen LogP contribution < -0.4 is 10.1 Å². The van der Waals surface area contributed by atoms with Gasteiger partial charge in [0.2, 0.25) is 11.8 Å². The first-order valence-electron chi connectivity index (χ1n) is 7.55. The molecule has 0 radical (unpaired) electrons. The standard InChI is InChI=1S/C16H16FN5O2/c1-2-14(23)18-8-9-24-15-7-6-13-19-20-16(22(13)21-15)11-4-3-5-12(17)10-11/h3-7,10H,2,8-9H2,1H3,(H,18,23). The summed E-state index contributed by atoms with van der Waals surface area (Å²) in [6.45, 7) is 2.47. The van der Waals surface area contributed by atoms with Crippen LogP contribution >= 0.6 is 0 Å². The van der Waals surface area contributed by atoms with Gasteiger partial charge in [-0.1, -0.05) is 19.1 Å². The topological polar surface area (TPSA) is 81.4 Å². The summed E-state index contributed by atoms with van der Waals surface area (Å²) in [4.78, 5) is 11.2. The minimum absolute atomic E-state index is 0.0331. The molecule has 2 aromatic heterocycles. The molecule has 3 aromatic rings. The van der Waals surface area contributed by atoms with E-state index in [1.54, 1.807) is 31.2 Å². The van der Waals surface area contributed by atoms with Crippen molar-refractivity contribution in [1.29, 1.82) is 0 Å². The number of fused-ring (bicyclic) bond motifs is 1. The van der Waals surface area contributed by atoms with Crippen LogP contribution in [0.2, 0.25) is 0 Å². The maximum absolute atomic E-state index is 13.4. The number of hydrogen-bond donors (Lipinski definition) is 1. The van der Waals surface area contributed by atoms with E-state index in [4.69, 9.17) is 4.74 Å². The predicted molar refractivity (Wildman–Crippen MR) is 85.0 cm³/mol. The van der Waals surface area contributed by atoms with Gasteiger partial charge in [-0.05, 0) is 18.2 Å². The Bertz CT molecular complexity index is 865. The van der Waals surface area contributed by atoms with Crippen LogP contribution in [0.1, 0.15) is 13.3 Å². The molecule has 8 heteroatoms. The van der Waals surface area contributed by atoms with E-state index in [0.29, 0.717) is 42.5 Å². The molecule has 1 amide bonds. The minimum Gasteiger partial charge on any atom is -0.475 e. The second kappa shape index (κ2) is 7.03. The van der Waals surface area contributed by atoms with Gasteiger partial charge in [-0.25, -0.2) is 4.39 Å². The van der Waals surface area contributed by atoms with Crippen LogP contribution in [0.15, 0.2) is 36.4 Å². The molecular formula is C16H16FN5O2. The lowest BCUT2D eigenvalue weighted by Crippen LogP contribution is -2.27. The van der Waals surface area contributed by atoms with Crippen LogP contribution in [0.25, 0.3) is 17.0 Å². The summed E-state index contributed by atoms with van der Waals surface area (Å²) >= 11 is 0. The summed E-state index contributed by atoms with van der Waals surface area (Å²) in [5.41, 5.74) is 1.10. The Kier molecular flexibility index (Phi) is 4.64. The van der Waals surface area contributed by atoms with Gasteiger partial charge < -0.3 is 10.1 Å². The maximum Gasteiger partial charge on any atom is 0.231 e. The Balaban J connectivity index is 1.77. The summed E-state index contributed by atoms with van der Waals surface area (Å²) in [7, 11) is 0. The number of aromatic nitrogens is 4. The molecule has 1 aromatic carbocycles. The van der Waals surface area contributed by atoms with E-state index >= 15 is 0 Å². The summed E-state index contributed by atoms with van der Waals surface area (Å²) in [6, 6.07) is 9.44. The van der Waals surface area contributed by atoms with Gasteiger partial charge in [-0.2, -0.15) is 4.52 Å². The number of rotatable bonds is 6. The summed E-state index contributed by atoms with van der Waals surface area (Å²) in [5.74, 6) is 0.400. The van der Waals surface area contributed by atoms with Gasteiger partial charge in [-0.3, -0.25) is 4.79 Å². The number of nitrogens with zero attached hydrogens (tertiary/aromatic N) is 4. The molecule has 0 unspecified atom stereocenters. The van der Waals surface area contributed by atoms with Crippen molar-refractivity contribution < 1.29 is 13.9 Å². The highest BCUT2D eigenvalue weighted by Crippen LogP contribution is 2.19. The Hall–Kier alpha value is -3.03. The fourth-order valence-electron chi connectivity index (χ4n) is 2.13. The largest absolute Gasteiger partial charge is 0.475 e. The van der Waals surface area contributed by atoms with E-state index in [9.17, 15) is 9.18 Å². The molecule has 24 heavy (non-hydrogen) atoms. The molecule has 124 valence electrons. The van der Waals surface area contributed by atoms with Crippen LogP contribution in [-0.4, -0.2) is 38.9 Å². The fourth-order valence-corrected chi connectivity index (χ4v) is 2.13. The summed E-state index contributed by atoms with van der Waals surface area (Å²) in [5, 5.41) is 15.1. The van der Waals surface area contributed by atoms with Gasteiger partial charge in [0.15, 0.2) is 11.5 Å². The third-order valence-electron chi connectivity index (χ3n) is 3.32. The quantitative estimate of drug-likeness (QED) is 0.698. The van der Waals surface area contributed by atoms with Crippen molar-refractivity contribution in [2.24, 2.45) is 0 Å². The number of nitrogens with one attached hydrogen (secondary N) is 1. The molecule has 0 bridgehead atoms. The molecule has 0 saturated heterocycles. The highest BCUT2D eigenvalue weighted by molar-refractivity contribution is 5.75. The summed E-state index contributed by atoms with van der Waals surface area (Å²) < 4.78 is 20.4. The van der Waals surface area contributed by atoms with E-state index in [2.05, 4.69) is 20.6 Å². The maximum atomic E-state index is 13.4. The average Bonchev–Trinajstić information content (AvgIpc) is 3.01. The number of hydrogen-bond acceptors (Lipinski definition) is 5. The highest BCUT2D eigenvalue weighted by atomic mass is 19.1. The van der Waals surface area contributed by atoms with Crippen LogP contribution in [0.3, 0.4) is 0 Å². The molecule has 0 spiro atoms. The Morgan fingerprint density at radius 3 is 2.96 bits per heavy atom. The van der Waals surface area contributed by atoms with Gasteiger partial charge in [0, 0.05) is 18.1 Å². The van der Waals surface area contributed by atoms with Gasteiger partial charge in [0.05, 0.1) is 6.54 Å². The van der Waals surface area contributed by atoms with Gasteiger partial charge in [-0.15, -0.1) is 15.3 Å². The van der Waals surface area contributed by atoms with Crippen molar-refractivity contribution in [3.8, 4) is 17.3 Å². The van der Waals surface area contributed by atoms with Crippen LogP contribution in [0.5, 0.6) is 5.88 Å². The number of ether oxygens (including phenoxy) is 1. The third kappa shape index (κ3) is 3.48.